The lowest BCUT2D eigenvalue weighted by atomic mass is 10.2. The minimum absolute atomic E-state index is 0.0850. The number of hydrogen-bond donors (Lipinski definition) is 2. The first kappa shape index (κ1) is 20.5. The Labute approximate surface area is 163 Å². The number of ether oxygens (including phenoxy) is 1. The number of carbonyl (C=O) groups excluding carboxylic acids is 2. The molecule has 27 heavy (non-hydrogen) atoms. The molecule has 0 aliphatic heterocycles. The van der Waals surface area contributed by atoms with Crippen LogP contribution in [0.4, 0.5) is 0 Å². The van der Waals surface area contributed by atoms with E-state index in [1.54, 1.807) is 18.2 Å². The number of carbonyl (C=O) groups is 2. The van der Waals surface area contributed by atoms with Gasteiger partial charge in [-0.2, -0.15) is 5.10 Å². The summed E-state index contributed by atoms with van der Waals surface area (Å²) in [6.45, 7) is 4.11. The summed E-state index contributed by atoms with van der Waals surface area (Å²) < 4.78 is 5.81. The number of amides is 2. The molecule has 2 amide bonds. The van der Waals surface area contributed by atoms with Crippen molar-refractivity contribution in [2.24, 2.45) is 5.10 Å². The van der Waals surface area contributed by atoms with Gasteiger partial charge >= 0.3 is 11.8 Å². The van der Waals surface area contributed by atoms with Gasteiger partial charge in [0.15, 0.2) is 0 Å². The van der Waals surface area contributed by atoms with Gasteiger partial charge in [0.05, 0.1) is 6.21 Å². The quantitative estimate of drug-likeness (QED) is 0.434. The minimum Gasteiger partial charge on any atom is -0.488 e. The molecule has 0 saturated heterocycles. The van der Waals surface area contributed by atoms with Crippen LogP contribution in [0.1, 0.15) is 31.4 Å². The third-order valence-electron chi connectivity index (χ3n) is 3.77. The standard InChI is InChI=1S/C20H22ClN3O3/c1-3-14(2)23-19(25)20(26)24-22-12-16-11-17(21)9-10-18(16)27-13-15-7-5-4-6-8-15/h4-12,14H,3,13H2,1-2H3,(H,23,25)(H,24,26)/b22-12-/t14-/m0/s1. The van der Waals surface area contributed by atoms with Crippen molar-refractivity contribution >= 4 is 29.6 Å². The van der Waals surface area contributed by atoms with Gasteiger partial charge in [0.1, 0.15) is 12.4 Å². The lowest BCUT2D eigenvalue weighted by Crippen LogP contribution is -2.41. The van der Waals surface area contributed by atoms with Gasteiger partial charge in [0, 0.05) is 16.6 Å². The van der Waals surface area contributed by atoms with Crippen molar-refractivity contribution in [3.8, 4) is 5.75 Å². The van der Waals surface area contributed by atoms with Crippen LogP contribution in [0, 0.1) is 0 Å². The van der Waals surface area contributed by atoms with Gasteiger partial charge < -0.3 is 10.1 Å². The molecule has 2 N–H and O–H groups in total. The molecule has 6 nitrogen and oxygen atoms in total. The molecule has 142 valence electrons. The van der Waals surface area contributed by atoms with E-state index in [1.807, 2.05) is 44.2 Å². The van der Waals surface area contributed by atoms with E-state index < -0.39 is 11.8 Å². The second-order valence-corrected chi connectivity index (χ2v) is 6.37. The Kier molecular flexibility index (Phi) is 7.82. The van der Waals surface area contributed by atoms with E-state index in [9.17, 15) is 9.59 Å². The predicted octanol–water partition coefficient (Wildman–Crippen LogP) is 3.28. The van der Waals surface area contributed by atoms with Crippen LogP contribution in [0.15, 0.2) is 53.6 Å². The molecular formula is C20H22ClN3O3. The van der Waals surface area contributed by atoms with Crippen LogP contribution < -0.4 is 15.5 Å². The molecule has 0 saturated carbocycles. The predicted molar refractivity (Wildman–Crippen MR) is 106 cm³/mol. The van der Waals surface area contributed by atoms with Gasteiger partial charge in [-0.3, -0.25) is 9.59 Å². The second-order valence-electron chi connectivity index (χ2n) is 5.94. The molecule has 0 heterocycles. The number of halogens is 1. The van der Waals surface area contributed by atoms with Crippen molar-refractivity contribution in [3.05, 3.63) is 64.7 Å². The van der Waals surface area contributed by atoms with Crippen molar-refractivity contribution in [3.63, 3.8) is 0 Å². The Morgan fingerprint density at radius 3 is 2.63 bits per heavy atom. The zero-order valence-electron chi connectivity index (χ0n) is 15.2. The molecule has 2 aromatic carbocycles. The van der Waals surface area contributed by atoms with Crippen molar-refractivity contribution < 1.29 is 14.3 Å². The highest BCUT2D eigenvalue weighted by molar-refractivity contribution is 6.35. The summed E-state index contributed by atoms with van der Waals surface area (Å²) in [6, 6.07) is 14.7. The molecule has 0 fully saturated rings. The van der Waals surface area contributed by atoms with Crippen LogP contribution in [0.25, 0.3) is 0 Å². The molecule has 0 radical (unpaired) electrons. The highest BCUT2D eigenvalue weighted by Crippen LogP contribution is 2.22. The third-order valence-corrected chi connectivity index (χ3v) is 4.01. The summed E-state index contributed by atoms with van der Waals surface area (Å²) in [5, 5.41) is 6.90. The topological polar surface area (TPSA) is 79.8 Å². The van der Waals surface area contributed by atoms with Crippen LogP contribution in [-0.2, 0) is 16.2 Å². The van der Waals surface area contributed by atoms with Crippen molar-refractivity contribution in [1.29, 1.82) is 0 Å². The maximum atomic E-state index is 11.8. The average molecular weight is 388 g/mol. The van der Waals surface area contributed by atoms with E-state index in [4.69, 9.17) is 16.3 Å². The highest BCUT2D eigenvalue weighted by Gasteiger charge is 2.14. The number of nitrogens with one attached hydrogen (secondary N) is 2. The molecular weight excluding hydrogens is 366 g/mol. The lowest BCUT2D eigenvalue weighted by molar-refractivity contribution is -0.139. The molecule has 1 atom stereocenters. The van der Waals surface area contributed by atoms with E-state index >= 15 is 0 Å². The fourth-order valence-electron chi connectivity index (χ4n) is 2.09. The zero-order chi connectivity index (χ0) is 19.6. The molecule has 7 heteroatoms. The summed E-state index contributed by atoms with van der Waals surface area (Å²) in [6.07, 6.45) is 2.12. The normalized spacial score (nSPS) is 11.8. The number of nitrogens with zero attached hydrogens (tertiary/aromatic N) is 1. The van der Waals surface area contributed by atoms with E-state index in [-0.39, 0.29) is 6.04 Å². The first-order valence-electron chi connectivity index (χ1n) is 8.59. The fourth-order valence-corrected chi connectivity index (χ4v) is 2.27. The smallest absolute Gasteiger partial charge is 0.329 e. The summed E-state index contributed by atoms with van der Waals surface area (Å²) in [7, 11) is 0. The summed E-state index contributed by atoms with van der Waals surface area (Å²) in [5.41, 5.74) is 3.80. The Balaban J connectivity index is 2.00. The van der Waals surface area contributed by atoms with Crippen molar-refractivity contribution in [2.45, 2.75) is 32.9 Å². The Hall–Kier alpha value is -2.86. The monoisotopic (exact) mass is 387 g/mol. The SMILES string of the molecule is CC[C@H](C)NC(=O)C(=O)N/N=C\c1cc(Cl)ccc1OCc1ccccc1. The number of benzene rings is 2. The first-order chi connectivity index (χ1) is 13.0. The Morgan fingerprint density at radius 2 is 1.93 bits per heavy atom. The summed E-state index contributed by atoms with van der Waals surface area (Å²) in [5.74, 6) is -1.00. The molecule has 0 spiro atoms. The van der Waals surface area contributed by atoms with Gasteiger partial charge in [-0.25, -0.2) is 5.43 Å². The largest absolute Gasteiger partial charge is 0.488 e. The number of rotatable bonds is 7. The maximum Gasteiger partial charge on any atom is 0.329 e. The number of hydrazone groups is 1. The molecule has 0 bridgehead atoms. The molecule has 0 aromatic heterocycles. The van der Waals surface area contributed by atoms with Crippen molar-refractivity contribution in [1.82, 2.24) is 10.7 Å². The fraction of sp³-hybridized carbons (Fsp3) is 0.250. The zero-order valence-corrected chi connectivity index (χ0v) is 16.0. The van der Waals surface area contributed by atoms with Crippen LogP contribution in [0.2, 0.25) is 5.02 Å². The highest BCUT2D eigenvalue weighted by atomic mass is 35.5. The van der Waals surface area contributed by atoms with E-state index in [1.165, 1.54) is 6.21 Å². The second kappa shape index (κ2) is 10.3. The molecule has 2 rings (SSSR count). The van der Waals surface area contributed by atoms with E-state index in [0.29, 0.717) is 22.9 Å². The van der Waals surface area contributed by atoms with E-state index in [2.05, 4.69) is 15.8 Å². The Morgan fingerprint density at radius 1 is 1.19 bits per heavy atom. The first-order valence-corrected chi connectivity index (χ1v) is 8.97. The molecule has 0 aliphatic carbocycles. The van der Waals surface area contributed by atoms with Gasteiger partial charge in [0.25, 0.3) is 0 Å². The summed E-state index contributed by atoms with van der Waals surface area (Å²) >= 11 is 6.03. The number of hydrogen-bond acceptors (Lipinski definition) is 4. The summed E-state index contributed by atoms with van der Waals surface area (Å²) in [4.78, 5) is 23.4. The van der Waals surface area contributed by atoms with Gasteiger partial charge in [-0.15, -0.1) is 0 Å². The van der Waals surface area contributed by atoms with Crippen LogP contribution in [-0.4, -0.2) is 24.1 Å². The third kappa shape index (κ3) is 6.75. The van der Waals surface area contributed by atoms with Crippen molar-refractivity contribution in [2.75, 3.05) is 0 Å². The average Bonchev–Trinajstić information content (AvgIpc) is 2.67. The molecule has 2 aromatic rings. The Bertz CT molecular complexity index is 809. The molecule has 0 aliphatic rings. The van der Waals surface area contributed by atoms with Crippen LogP contribution in [0.3, 0.4) is 0 Å². The molecule has 0 unspecified atom stereocenters. The van der Waals surface area contributed by atoms with E-state index in [0.717, 1.165) is 12.0 Å². The minimum atomic E-state index is -0.833. The van der Waals surface area contributed by atoms with Crippen LogP contribution >= 0.6 is 11.6 Å². The van der Waals surface area contributed by atoms with Gasteiger partial charge in [0.2, 0.25) is 0 Å². The lowest BCUT2D eigenvalue weighted by Gasteiger charge is -2.10. The van der Waals surface area contributed by atoms with Gasteiger partial charge in [-0.05, 0) is 37.1 Å². The van der Waals surface area contributed by atoms with Gasteiger partial charge in [-0.1, -0.05) is 48.9 Å². The van der Waals surface area contributed by atoms with Crippen LogP contribution in [0.5, 0.6) is 5.75 Å². The maximum absolute atomic E-state index is 11.8.